The Morgan fingerprint density at radius 3 is 1.81 bits per heavy atom. The Bertz CT molecular complexity index is 291. The fourth-order valence-electron chi connectivity index (χ4n) is 1.11. The molecule has 0 aromatic heterocycles. The highest BCUT2D eigenvalue weighted by Crippen LogP contribution is 2.17. The summed E-state index contributed by atoms with van der Waals surface area (Å²) >= 11 is 0. The lowest BCUT2D eigenvalue weighted by Crippen LogP contribution is -2.46. The van der Waals surface area contributed by atoms with Crippen LogP contribution in [0, 0.1) is 0 Å². The van der Waals surface area contributed by atoms with Crippen LogP contribution in [0.25, 0.3) is 0 Å². The van der Waals surface area contributed by atoms with E-state index in [-0.39, 0.29) is 5.91 Å². The summed E-state index contributed by atoms with van der Waals surface area (Å²) in [6, 6.07) is 0. The Morgan fingerprint density at radius 1 is 1.12 bits per heavy atom. The third kappa shape index (κ3) is 5.09. The molecule has 0 atom stereocenters. The molecule has 3 nitrogen and oxygen atoms in total. The van der Waals surface area contributed by atoms with E-state index in [1.54, 1.807) is 6.92 Å². The summed E-state index contributed by atoms with van der Waals surface area (Å²) in [5, 5.41) is 4.19. The van der Waals surface area contributed by atoms with Crippen LogP contribution in [-0.2, 0) is 4.79 Å². The number of nitrogens with one attached hydrogen (secondary N) is 1. The van der Waals surface area contributed by atoms with Crippen molar-refractivity contribution in [2.24, 2.45) is 0 Å². The predicted octanol–water partition coefficient (Wildman–Crippen LogP) is 2.19. The molecule has 0 aliphatic rings. The van der Waals surface area contributed by atoms with Gasteiger partial charge in [0.15, 0.2) is 0 Å². The molecule has 5 heteroatoms. The van der Waals surface area contributed by atoms with Gasteiger partial charge in [0.05, 0.1) is 8.07 Å². The minimum Gasteiger partial charge on any atom is -0.335 e. The molecule has 0 heterocycles. The summed E-state index contributed by atoms with van der Waals surface area (Å²) in [6.45, 7) is 12.9. The van der Waals surface area contributed by atoms with Crippen molar-refractivity contribution < 1.29 is 4.79 Å². The lowest BCUT2D eigenvalue weighted by atomic mass is 10.7. The number of hydrogen-bond acceptors (Lipinski definition) is 2. The molecule has 0 aliphatic carbocycles. The third-order valence-electron chi connectivity index (χ3n) is 2.77. The second-order valence-corrected chi connectivity index (χ2v) is 15.6. The Hall–Kier alpha value is -0.396. The summed E-state index contributed by atoms with van der Waals surface area (Å²) < 4.78 is 2.29. The van der Waals surface area contributed by atoms with E-state index in [1.807, 2.05) is 0 Å². The van der Waals surface area contributed by atoms with Crippen molar-refractivity contribution in [3.8, 4) is 0 Å². The van der Waals surface area contributed by atoms with Crippen molar-refractivity contribution >= 4 is 22.2 Å². The van der Waals surface area contributed by atoms with Crippen LogP contribution in [0.15, 0.2) is 11.0 Å². The molecular formula is C11H26N2OSi2. The first-order valence-corrected chi connectivity index (χ1v) is 12.2. The van der Waals surface area contributed by atoms with E-state index in [1.165, 1.54) is 5.32 Å². The Balaban J connectivity index is 5.19. The molecule has 0 saturated heterocycles. The van der Waals surface area contributed by atoms with E-state index < -0.39 is 16.3 Å². The van der Waals surface area contributed by atoms with Crippen molar-refractivity contribution in [3.05, 3.63) is 11.0 Å². The summed E-state index contributed by atoms with van der Waals surface area (Å²) in [4.78, 5) is 11.2. The summed E-state index contributed by atoms with van der Waals surface area (Å²) in [5.41, 5.74) is 2.32. The van der Waals surface area contributed by atoms with Crippen molar-refractivity contribution in [3.63, 3.8) is 0 Å². The van der Waals surface area contributed by atoms with Gasteiger partial charge in [-0.3, -0.25) is 4.79 Å². The highest BCUT2D eigenvalue weighted by Gasteiger charge is 2.27. The van der Waals surface area contributed by atoms with Crippen molar-refractivity contribution in [1.29, 1.82) is 0 Å². The second-order valence-electron chi connectivity index (χ2n) is 6.04. The maximum Gasteiger partial charge on any atom is 0.220 e. The van der Waals surface area contributed by atoms with Gasteiger partial charge in [0.25, 0.3) is 0 Å². The standard InChI is InChI=1S/C11H26N2OSi2/c1-10(14)12-11(15(4,5)6)9-16(7,8)13(2)3/h9H,1-8H3,(H,12,14). The van der Waals surface area contributed by atoms with E-state index >= 15 is 0 Å². The molecule has 0 rings (SSSR count). The van der Waals surface area contributed by atoms with Crippen molar-refractivity contribution in [1.82, 2.24) is 9.88 Å². The molecule has 94 valence electrons. The largest absolute Gasteiger partial charge is 0.335 e. The fraction of sp³-hybridized carbons (Fsp3) is 0.727. The lowest BCUT2D eigenvalue weighted by Gasteiger charge is -2.31. The second kappa shape index (κ2) is 5.29. The molecule has 0 fully saturated rings. The molecule has 0 radical (unpaired) electrons. The van der Waals surface area contributed by atoms with Crippen LogP contribution in [-0.4, -0.2) is 40.9 Å². The molecule has 1 N–H and O–H groups in total. The monoisotopic (exact) mass is 258 g/mol. The van der Waals surface area contributed by atoms with Gasteiger partial charge >= 0.3 is 0 Å². The topological polar surface area (TPSA) is 32.3 Å². The molecule has 0 aliphatic heterocycles. The van der Waals surface area contributed by atoms with Crippen LogP contribution in [0.3, 0.4) is 0 Å². The molecule has 16 heavy (non-hydrogen) atoms. The number of hydrogen-bond donors (Lipinski definition) is 1. The van der Waals surface area contributed by atoms with Crippen LogP contribution in [0.2, 0.25) is 32.7 Å². The Morgan fingerprint density at radius 2 is 1.56 bits per heavy atom. The normalized spacial score (nSPS) is 14.2. The van der Waals surface area contributed by atoms with Crippen LogP contribution in [0.1, 0.15) is 6.92 Å². The molecule has 0 saturated carbocycles. The van der Waals surface area contributed by atoms with Gasteiger partial charge in [-0.25, -0.2) is 0 Å². The smallest absolute Gasteiger partial charge is 0.220 e. The maximum atomic E-state index is 11.2. The first kappa shape index (κ1) is 15.6. The SMILES string of the molecule is CC(=O)NC(=C[Si](C)(C)N(C)C)[Si](C)(C)C. The number of nitrogens with zero attached hydrogens (tertiary/aromatic N) is 1. The van der Waals surface area contributed by atoms with Gasteiger partial charge in [-0.15, -0.1) is 0 Å². The first-order valence-electron chi connectivity index (χ1n) is 5.65. The number of carbonyl (C=O) groups is 1. The maximum absolute atomic E-state index is 11.2. The number of carbonyl (C=O) groups excluding carboxylic acids is 1. The highest BCUT2D eigenvalue weighted by atomic mass is 28.3. The van der Waals surface area contributed by atoms with E-state index in [9.17, 15) is 4.79 Å². The molecule has 0 unspecified atom stereocenters. The van der Waals surface area contributed by atoms with Crippen molar-refractivity contribution in [2.45, 2.75) is 39.7 Å². The molecule has 0 spiro atoms. The predicted molar refractivity (Wildman–Crippen MR) is 76.4 cm³/mol. The van der Waals surface area contributed by atoms with Gasteiger partial charge in [0.1, 0.15) is 8.24 Å². The van der Waals surface area contributed by atoms with Gasteiger partial charge in [-0.1, -0.05) is 38.4 Å². The van der Waals surface area contributed by atoms with Gasteiger partial charge in [0, 0.05) is 6.92 Å². The van der Waals surface area contributed by atoms with E-state index in [0.717, 1.165) is 0 Å². The quantitative estimate of drug-likeness (QED) is 0.784. The summed E-state index contributed by atoms with van der Waals surface area (Å²) in [7, 11) is 1.22. The Kier molecular flexibility index (Phi) is 5.16. The zero-order valence-corrected chi connectivity index (χ0v) is 13.9. The zero-order valence-electron chi connectivity index (χ0n) is 11.9. The van der Waals surface area contributed by atoms with Gasteiger partial charge < -0.3 is 9.88 Å². The molecule has 0 bridgehead atoms. The van der Waals surface area contributed by atoms with Gasteiger partial charge in [0.2, 0.25) is 5.91 Å². The van der Waals surface area contributed by atoms with Crippen molar-refractivity contribution in [2.75, 3.05) is 14.1 Å². The van der Waals surface area contributed by atoms with E-state index in [0.29, 0.717) is 0 Å². The van der Waals surface area contributed by atoms with E-state index in [4.69, 9.17) is 0 Å². The van der Waals surface area contributed by atoms with E-state index in [2.05, 4.69) is 62.4 Å². The summed E-state index contributed by atoms with van der Waals surface area (Å²) in [6.07, 6.45) is 0. The number of rotatable bonds is 4. The third-order valence-corrected chi connectivity index (χ3v) is 8.24. The van der Waals surface area contributed by atoms with Crippen LogP contribution >= 0.6 is 0 Å². The lowest BCUT2D eigenvalue weighted by molar-refractivity contribution is -0.118. The molecule has 0 aromatic rings. The average molecular weight is 259 g/mol. The highest BCUT2D eigenvalue weighted by molar-refractivity contribution is 6.87. The zero-order chi connectivity index (χ0) is 13.1. The average Bonchev–Trinajstić information content (AvgIpc) is 1.99. The molecule has 0 aromatic carbocycles. The van der Waals surface area contributed by atoms with Crippen LogP contribution in [0.4, 0.5) is 0 Å². The molecular weight excluding hydrogens is 232 g/mol. The van der Waals surface area contributed by atoms with Crippen LogP contribution in [0.5, 0.6) is 0 Å². The molecule has 1 amide bonds. The van der Waals surface area contributed by atoms with Gasteiger partial charge in [-0.2, -0.15) is 0 Å². The number of amides is 1. The summed E-state index contributed by atoms with van der Waals surface area (Å²) in [5.74, 6) is 0.0391. The minimum absolute atomic E-state index is 0.0391. The van der Waals surface area contributed by atoms with Gasteiger partial charge in [-0.05, 0) is 19.4 Å². The Labute approximate surface area is 102 Å². The minimum atomic E-state index is -1.53. The fourth-order valence-corrected chi connectivity index (χ4v) is 5.49. The van der Waals surface area contributed by atoms with Crippen LogP contribution < -0.4 is 5.32 Å². The first-order chi connectivity index (χ1) is 6.97.